The highest BCUT2D eigenvalue weighted by Gasteiger charge is 2.47. The molecule has 5 rings (SSSR count). The molecular formula is C28H28N2O5. The SMILES string of the molecule is O=C(NCC#CC(=O)N1C(C(=O)O)CC2CCCCC21)OCC1c2ccccc2-c2ccccc21. The molecule has 1 saturated heterocycles. The molecule has 2 aromatic rings. The second-order valence-electron chi connectivity index (χ2n) is 9.39. The number of nitrogens with zero attached hydrogens (tertiary/aromatic N) is 1. The fourth-order valence-corrected chi connectivity index (χ4v) is 5.92. The second-order valence-corrected chi connectivity index (χ2v) is 9.39. The van der Waals surface area contributed by atoms with E-state index in [9.17, 15) is 19.5 Å². The third kappa shape index (κ3) is 4.49. The minimum Gasteiger partial charge on any atom is -0.480 e. The van der Waals surface area contributed by atoms with Gasteiger partial charge in [0.25, 0.3) is 5.91 Å². The van der Waals surface area contributed by atoms with Crippen LogP contribution in [-0.2, 0) is 14.3 Å². The van der Waals surface area contributed by atoms with E-state index in [1.165, 1.54) is 4.90 Å². The Labute approximate surface area is 204 Å². The van der Waals surface area contributed by atoms with Crippen LogP contribution in [0.1, 0.15) is 49.1 Å². The van der Waals surface area contributed by atoms with Gasteiger partial charge in [-0.25, -0.2) is 9.59 Å². The van der Waals surface area contributed by atoms with E-state index >= 15 is 0 Å². The normalized spacial score (nSPS) is 22.3. The van der Waals surface area contributed by atoms with Crippen LogP contribution in [0.5, 0.6) is 0 Å². The molecule has 1 aliphatic heterocycles. The standard InChI is InChI=1S/C28H28N2O5/c31-26(30-24-13-6-1-8-18(24)16-25(30)27(32)33)14-7-15-29-28(34)35-17-23-21-11-4-2-9-19(21)20-10-3-5-12-22(20)23/h2-5,9-12,18,23-25H,1,6,8,13,15-17H2,(H,29,34)(H,32,33). The van der Waals surface area contributed by atoms with Crippen LogP contribution in [0.15, 0.2) is 48.5 Å². The zero-order chi connectivity index (χ0) is 24.4. The van der Waals surface area contributed by atoms with E-state index < -0.39 is 24.0 Å². The zero-order valence-electron chi connectivity index (χ0n) is 19.4. The van der Waals surface area contributed by atoms with Gasteiger partial charge >= 0.3 is 12.1 Å². The quantitative estimate of drug-likeness (QED) is 0.661. The van der Waals surface area contributed by atoms with Gasteiger partial charge in [-0.1, -0.05) is 67.3 Å². The first-order valence-electron chi connectivity index (χ1n) is 12.2. The van der Waals surface area contributed by atoms with Crippen molar-refractivity contribution in [1.82, 2.24) is 10.2 Å². The number of carbonyl (C=O) groups is 3. The number of carboxylic acid groups (broad SMARTS) is 1. The molecule has 0 spiro atoms. The topological polar surface area (TPSA) is 95.9 Å². The summed E-state index contributed by atoms with van der Waals surface area (Å²) in [5.41, 5.74) is 4.57. The first-order chi connectivity index (χ1) is 17.0. The van der Waals surface area contributed by atoms with Gasteiger partial charge < -0.3 is 20.1 Å². The first-order valence-corrected chi connectivity index (χ1v) is 12.2. The highest BCUT2D eigenvalue weighted by Crippen LogP contribution is 2.44. The van der Waals surface area contributed by atoms with E-state index in [4.69, 9.17) is 4.74 Å². The predicted octanol–water partition coefficient (Wildman–Crippen LogP) is 3.77. The lowest BCUT2D eigenvalue weighted by Crippen LogP contribution is -2.45. The van der Waals surface area contributed by atoms with Crippen LogP contribution in [0, 0.1) is 17.8 Å². The summed E-state index contributed by atoms with van der Waals surface area (Å²) in [4.78, 5) is 38.2. The molecule has 1 heterocycles. The van der Waals surface area contributed by atoms with E-state index in [0.29, 0.717) is 6.42 Å². The number of likely N-dealkylation sites (tertiary alicyclic amines) is 1. The Morgan fingerprint density at radius 1 is 1.00 bits per heavy atom. The highest BCUT2D eigenvalue weighted by atomic mass is 16.5. The molecule has 7 nitrogen and oxygen atoms in total. The van der Waals surface area contributed by atoms with Crippen molar-refractivity contribution >= 4 is 18.0 Å². The van der Waals surface area contributed by atoms with Crippen LogP contribution in [0.2, 0.25) is 0 Å². The summed E-state index contributed by atoms with van der Waals surface area (Å²) in [7, 11) is 0. The molecule has 2 fully saturated rings. The average Bonchev–Trinajstić information content (AvgIpc) is 3.42. The molecule has 2 aromatic carbocycles. The molecule has 2 N–H and O–H groups in total. The average molecular weight is 473 g/mol. The van der Waals surface area contributed by atoms with E-state index in [2.05, 4.69) is 41.4 Å². The van der Waals surface area contributed by atoms with E-state index in [-0.39, 0.29) is 31.0 Å². The van der Waals surface area contributed by atoms with Crippen molar-refractivity contribution in [3.05, 3.63) is 59.7 Å². The van der Waals surface area contributed by atoms with Crippen LogP contribution in [0.4, 0.5) is 4.79 Å². The number of aliphatic carboxylic acids is 1. The van der Waals surface area contributed by atoms with Crippen molar-refractivity contribution in [2.24, 2.45) is 5.92 Å². The number of fused-ring (bicyclic) bond motifs is 4. The van der Waals surface area contributed by atoms with Crippen LogP contribution in [-0.4, -0.2) is 53.2 Å². The van der Waals surface area contributed by atoms with Gasteiger partial charge in [0.2, 0.25) is 0 Å². The maximum absolute atomic E-state index is 12.7. The van der Waals surface area contributed by atoms with Crippen LogP contribution >= 0.6 is 0 Å². The Morgan fingerprint density at radius 3 is 2.34 bits per heavy atom. The lowest BCUT2D eigenvalue weighted by Gasteiger charge is -2.31. The van der Waals surface area contributed by atoms with Crippen LogP contribution < -0.4 is 5.32 Å². The maximum Gasteiger partial charge on any atom is 0.407 e. The van der Waals surface area contributed by atoms with Crippen molar-refractivity contribution in [3.8, 4) is 23.0 Å². The Hall–Kier alpha value is -3.79. The summed E-state index contributed by atoms with van der Waals surface area (Å²) in [6.07, 6.45) is 3.73. The van der Waals surface area contributed by atoms with Gasteiger partial charge in [-0.15, -0.1) is 0 Å². The Morgan fingerprint density at radius 2 is 1.66 bits per heavy atom. The van der Waals surface area contributed by atoms with Crippen LogP contribution in [0.3, 0.4) is 0 Å². The summed E-state index contributed by atoms with van der Waals surface area (Å²) < 4.78 is 5.47. The monoisotopic (exact) mass is 472 g/mol. The molecule has 3 unspecified atom stereocenters. The van der Waals surface area contributed by atoms with Crippen molar-refractivity contribution < 1.29 is 24.2 Å². The Kier molecular flexibility index (Phi) is 6.45. The molecule has 3 atom stereocenters. The molecular weight excluding hydrogens is 444 g/mol. The van der Waals surface area contributed by atoms with Gasteiger partial charge in [0, 0.05) is 12.0 Å². The van der Waals surface area contributed by atoms with E-state index in [1.54, 1.807) is 0 Å². The molecule has 0 bridgehead atoms. The molecule has 2 amide bonds. The summed E-state index contributed by atoms with van der Waals surface area (Å²) in [5.74, 6) is 3.92. The zero-order valence-corrected chi connectivity index (χ0v) is 19.4. The van der Waals surface area contributed by atoms with Crippen LogP contribution in [0.25, 0.3) is 11.1 Å². The summed E-state index contributed by atoms with van der Waals surface area (Å²) in [6, 6.07) is 15.3. The summed E-state index contributed by atoms with van der Waals surface area (Å²) >= 11 is 0. The number of ether oxygens (including phenoxy) is 1. The minimum atomic E-state index is -0.980. The van der Waals surface area contributed by atoms with Crippen molar-refractivity contribution in [2.45, 2.75) is 50.1 Å². The van der Waals surface area contributed by atoms with E-state index in [1.807, 2.05) is 24.3 Å². The van der Waals surface area contributed by atoms with Gasteiger partial charge in [-0.2, -0.15) is 0 Å². The fourth-order valence-electron chi connectivity index (χ4n) is 5.92. The highest BCUT2D eigenvalue weighted by molar-refractivity contribution is 5.97. The van der Waals surface area contributed by atoms with Gasteiger partial charge in [0.15, 0.2) is 0 Å². The van der Waals surface area contributed by atoms with Gasteiger partial charge in [0.05, 0.1) is 6.54 Å². The lowest BCUT2D eigenvalue weighted by molar-refractivity contribution is -0.147. The number of hydrogen-bond acceptors (Lipinski definition) is 4. The molecule has 3 aliphatic rings. The number of alkyl carbamates (subject to hydrolysis) is 1. The van der Waals surface area contributed by atoms with Crippen molar-refractivity contribution in [1.29, 1.82) is 0 Å². The smallest absolute Gasteiger partial charge is 0.407 e. The maximum atomic E-state index is 12.7. The predicted molar refractivity (Wildman–Crippen MR) is 129 cm³/mol. The summed E-state index contributed by atoms with van der Waals surface area (Å²) in [5, 5.41) is 12.1. The molecule has 2 aliphatic carbocycles. The number of carbonyl (C=O) groups excluding carboxylic acids is 2. The molecule has 1 saturated carbocycles. The molecule has 180 valence electrons. The van der Waals surface area contributed by atoms with Gasteiger partial charge in [0.1, 0.15) is 12.6 Å². The summed E-state index contributed by atoms with van der Waals surface area (Å²) in [6.45, 7) is 0.144. The molecule has 0 aromatic heterocycles. The number of nitrogens with one attached hydrogen (secondary N) is 1. The van der Waals surface area contributed by atoms with Crippen molar-refractivity contribution in [3.63, 3.8) is 0 Å². The third-order valence-electron chi connectivity index (χ3n) is 7.47. The number of hydrogen-bond donors (Lipinski definition) is 2. The van der Waals surface area contributed by atoms with Crippen molar-refractivity contribution in [2.75, 3.05) is 13.2 Å². The molecule has 0 radical (unpaired) electrons. The first kappa shape index (κ1) is 23.0. The third-order valence-corrected chi connectivity index (χ3v) is 7.47. The number of rotatable bonds is 4. The fraction of sp³-hybridized carbons (Fsp3) is 0.393. The number of benzene rings is 2. The minimum absolute atomic E-state index is 0.0348. The number of amides is 2. The lowest BCUT2D eigenvalue weighted by atomic mass is 9.85. The van der Waals surface area contributed by atoms with E-state index in [0.717, 1.165) is 47.9 Å². The van der Waals surface area contributed by atoms with Gasteiger partial charge in [-0.05, 0) is 53.4 Å². The Balaban J connectivity index is 1.16. The largest absolute Gasteiger partial charge is 0.480 e. The second kappa shape index (κ2) is 9.83. The number of carboxylic acids is 1. The van der Waals surface area contributed by atoms with Gasteiger partial charge in [-0.3, -0.25) is 4.79 Å². The molecule has 7 heteroatoms. The Bertz CT molecular complexity index is 1170. The molecule has 35 heavy (non-hydrogen) atoms.